The van der Waals surface area contributed by atoms with E-state index in [1.54, 1.807) is 0 Å². The number of hydrogen-bond acceptors (Lipinski definition) is 4. The van der Waals surface area contributed by atoms with Gasteiger partial charge >= 0.3 is 6.18 Å². The molecular weight excluding hydrogens is 287 g/mol. The maximum Gasteiger partial charge on any atom is 0.435 e. The lowest BCUT2D eigenvalue weighted by Gasteiger charge is -2.11. The minimum Gasteiger partial charge on any atom is -0.493 e. The third-order valence-electron chi connectivity index (χ3n) is 3.03. The van der Waals surface area contributed by atoms with Gasteiger partial charge in [-0.15, -0.1) is 0 Å². The van der Waals surface area contributed by atoms with Crippen molar-refractivity contribution >= 4 is 5.82 Å². The lowest BCUT2D eigenvalue weighted by molar-refractivity contribution is -0.140. The second-order valence-electron chi connectivity index (χ2n) is 4.30. The van der Waals surface area contributed by atoms with Crippen molar-refractivity contribution in [1.82, 2.24) is 9.78 Å². The summed E-state index contributed by atoms with van der Waals surface area (Å²) in [5.74, 6) is 0.651. The van der Waals surface area contributed by atoms with Crippen LogP contribution in [0.5, 0.6) is 11.5 Å². The maximum atomic E-state index is 13.1. The molecule has 2 N–H and O–H groups in total. The highest BCUT2D eigenvalue weighted by Gasteiger charge is 2.39. The van der Waals surface area contributed by atoms with E-state index < -0.39 is 11.9 Å². The molecule has 1 heterocycles. The first kappa shape index (κ1) is 15.0. The lowest BCUT2D eigenvalue weighted by atomic mass is 10.0. The molecule has 2 rings (SSSR count). The van der Waals surface area contributed by atoms with Gasteiger partial charge in [0.05, 0.1) is 19.8 Å². The van der Waals surface area contributed by atoms with Crippen LogP contribution in [0.2, 0.25) is 0 Å². The molecule has 0 saturated carbocycles. The first-order valence-corrected chi connectivity index (χ1v) is 5.91. The Labute approximate surface area is 119 Å². The molecule has 5 nitrogen and oxygen atoms in total. The van der Waals surface area contributed by atoms with Crippen molar-refractivity contribution in [3.63, 3.8) is 0 Å². The number of hydrogen-bond donors (Lipinski definition) is 1. The van der Waals surface area contributed by atoms with E-state index in [0.717, 1.165) is 4.68 Å². The Morgan fingerprint density at radius 1 is 1.14 bits per heavy atom. The van der Waals surface area contributed by atoms with Crippen molar-refractivity contribution in [2.24, 2.45) is 7.05 Å². The summed E-state index contributed by atoms with van der Waals surface area (Å²) in [6, 6.07) is 4.42. The minimum absolute atomic E-state index is 0.0745. The van der Waals surface area contributed by atoms with Crippen LogP contribution in [0, 0.1) is 0 Å². The van der Waals surface area contributed by atoms with Crippen molar-refractivity contribution in [2.75, 3.05) is 20.0 Å². The number of aromatic nitrogens is 2. The Bertz CT molecular complexity index is 665. The number of anilines is 1. The first-order chi connectivity index (χ1) is 9.79. The number of benzene rings is 1. The van der Waals surface area contributed by atoms with E-state index in [4.69, 9.17) is 15.2 Å². The molecule has 114 valence electrons. The molecule has 21 heavy (non-hydrogen) atoms. The van der Waals surface area contributed by atoms with Gasteiger partial charge in [-0.3, -0.25) is 4.68 Å². The van der Waals surface area contributed by atoms with Crippen molar-refractivity contribution < 1.29 is 22.6 Å². The highest BCUT2D eigenvalue weighted by Crippen LogP contribution is 2.41. The Morgan fingerprint density at radius 3 is 2.29 bits per heavy atom. The smallest absolute Gasteiger partial charge is 0.435 e. The van der Waals surface area contributed by atoms with Crippen LogP contribution < -0.4 is 15.2 Å². The molecule has 0 aliphatic carbocycles. The summed E-state index contributed by atoms with van der Waals surface area (Å²) >= 11 is 0. The monoisotopic (exact) mass is 301 g/mol. The summed E-state index contributed by atoms with van der Waals surface area (Å²) in [5.41, 5.74) is 4.77. The zero-order valence-corrected chi connectivity index (χ0v) is 11.7. The van der Waals surface area contributed by atoms with E-state index in [9.17, 15) is 13.2 Å². The van der Waals surface area contributed by atoms with Crippen LogP contribution in [-0.2, 0) is 13.2 Å². The molecule has 0 bridgehead atoms. The van der Waals surface area contributed by atoms with E-state index in [1.807, 2.05) is 0 Å². The van der Waals surface area contributed by atoms with Gasteiger partial charge in [-0.2, -0.15) is 18.3 Å². The van der Waals surface area contributed by atoms with Gasteiger partial charge in [0.25, 0.3) is 0 Å². The van der Waals surface area contributed by atoms with Gasteiger partial charge < -0.3 is 15.2 Å². The molecule has 0 aliphatic rings. The Kier molecular flexibility index (Phi) is 3.71. The van der Waals surface area contributed by atoms with E-state index in [2.05, 4.69) is 5.10 Å². The van der Waals surface area contributed by atoms with Gasteiger partial charge in [-0.25, -0.2) is 0 Å². The number of ether oxygens (including phenoxy) is 2. The fourth-order valence-corrected chi connectivity index (χ4v) is 2.01. The average molecular weight is 301 g/mol. The van der Waals surface area contributed by atoms with E-state index in [0.29, 0.717) is 11.5 Å². The molecular formula is C13H14F3N3O2. The van der Waals surface area contributed by atoms with Crippen molar-refractivity contribution in [3.8, 4) is 22.6 Å². The molecule has 8 heteroatoms. The molecule has 0 spiro atoms. The summed E-state index contributed by atoms with van der Waals surface area (Å²) in [7, 11) is 4.20. The van der Waals surface area contributed by atoms with Gasteiger partial charge in [-0.05, 0) is 17.7 Å². The molecule has 0 aliphatic heterocycles. The molecule has 0 amide bonds. The average Bonchev–Trinajstić information content (AvgIpc) is 2.74. The summed E-state index contributed by atoms with van der Waals surface area (Å²) in [6.07, 6.45) is -4.60. The number of nitrogens with zero attached hydrogens (tertiary/aromatic N) is 2. The molecule has 0 unspecified atom stereocenters. The van der Waals surface area contributed by atoms with Crippen LogP contribution in [0.1, 0.15) is 5.69 Å². The largest absolute Gasteiger partial charge is 0.493 e. The number of methoxy groups -OCH3 is 2. The van der Waals surface area contributed by atoms with Crippen LogP contribution in [0.25, 0.3) is 11.1 Å². The highest BCUT2D eigenvalue weighted by atomic mass is 19.4. The van der Waals surface area contributed by atoms with Gasteiger partial charge in [0.2, 0.25) is 0 Å². The molecule has 0 radical (unpaired) electrons. The highest BCUT2D eigenvalue weighted by molar-refractivity contribution is 5.78. The summed E-state index contributed by atoms with van der Waals surface area (Å²) in [4.78, 5) is 0. The SMILES string of the molecule is COc1ccc(-c2c(C(F)(F)F)nn(C)c2N)cc1OC. The third-order valence-corrected chi connectivity index (χ3v) is 3.03. The van der Waals surface area contributed by atoms with Crippen molar-refractivity contribution in [1.29, 1.82) is 0 Å². The van der Waals surface area contributed by atoms with Gasteiger partial charge in [0.15, 0.2) is 17.2 Å². The summed E-state index contributed by atoms with van der Waals surface area (Å²) in [5, 5.41) is 3.45. The standard InChI is InChI=1S/C13H14F3N3O2/c1-19-12(17)10(11(18-19)13(14,15)16)7-4-5-8(20-2)9(6-7)21-3/h4-6H,17H2,1-3H3. The van der Waals surface area contributed by atoms with Crippen LogP contribution >= 0.6 is 0 Å². The maximum absolute atomic E-state index is 13.1. The molecule has 0 atom stereocenters. The van der Waals surface area contributed by atoms with E-state index in [1.165, 1.54) is 39.5 Å². The van der Waals surface area contributed by atoms with Gasteiger partial charge in [0, 0.05) is 7.05 Å². The number of halogens is 3. The fraction of sp³-hybridized carbons (Fsp3) is 0.308. The normalized spacial score (nSPS) is 11.5. The zero-order valence-electron chi connectivity index (χ0n) is 11.7. The lowest BCUT2D eigenvalue weighted by Crippen LogP contribution is -2.08. The number of nitrogen functional groups attached to an aromatic ring is 1. The van der Waals surface area contributed by atoms with E-state index >= 15 is 0 Å². The predicted molar refractivity (Wildman–Crippen MR) is 71.2 cm³/mol. The van der Waals surface area contributed by atoms with Crippen LogP contribution in [-0.4, -0.2) is 24.0 Å². The number of aryl methyl sites for hydroxylation is 1. The van der Waals surface area contributed by atoms with Gasteiger partial charge in [0.1, 0.15) is 5.82 Å². The Hall–Kier alpha value is -2.38. The van der Waals surface area contributed by atoms with Crippen molar-refractivity contribution in [2.45, 2.75) is 6.18 Å². The fourth-order valence-electron chi connectivity index (χ4n) is 2.01. The summed E-state index contributed by atoms with van der Waals surface area (Å²) in [6.45, 7) is 0. The Morgan fingerprint density at radius 2 is 1.76 bits per heavy atom. The first-order valence-electron chi connectivity index (χ1n) is 5.91. The summed E-state index contributed by atoms with van der Waals surface area (Å²) < 4.78 is 50.4. The second-order valence-corrected chi connectivity index (χ2v) is 4.30. The Balaban J connectivity index is 2.67. The number of alkyl halides is 3. The number of nitrogens with two attached hydrogens (primary N) is 1. The minimum atomic E-state index is -4.60. The molecule has 0 fully saturated rings. The van der Waals surface area contributed by atoms with E-state index in [-0.39, 0.29) is 16.9 Å². The molecule has 1 aromatic carbocycles. The van der Waals surface area contributed by atoms with Crippen LogP contribution in [0.15, 0.2) is 18.2 Å². The molecule has 1 aromatic heterocycles. The van der Waals surface area contributed by atoms with Gasteiger partial charge in [-0.1, -0.05) is 6.07 Å². The quantitative estimate of drug-likeness (QED) is 0.947. The molecule has 0 saturated heterocycles. The van der Waals surface area contributed by atoms with Crippen LogP contribution in [0.4, 0.5) is 19.0 Å². The molecule has 2 aromatic rings. The third kappa shape index (κ3) is 2.61. The predicted octanol–water partition coefficient (Wildman–Crippen LogP) is 2.71. The van der Waals surface area contributed by atoms with Crippen LogP contribution in [0.3, 0.4) is 0 Å². The number of rotatable bonds is 3. The topological polar surface area (TPSA) is 62.3 Å². The second kappa shape index (κ2) is 5.19. The van der Waals surface area contributed by atoms with Crippen molar-refractivity contribution in [3.05, 3.63) is 23.9 Å². The zero-order chi connectivity index (χ0) is 15.8.